The Kier molecular flexibility index (Phi) is 8.78. The Labute approximate surface area is 162 Å². The molecule has 0 radical (unpaired) electrons. The number of aromatic nitrogens is 1. The molecule has 1 aromatic rings. The van der Waals surface area contributed by atoms with E-state index in [1.165, 1.54) is 0 Å². The summed E-state index contributed by atoms with van der Waals surface area (Å²) >= 11 is 0.982. The van der Waals surface area contributed by atoms with Crippen molar-refractivity contribution in [3.63, 3.8) is 0 Å². The third-order valence-electron chi connectivity index (χ3n) is 4.31. The summed E-state index contributed by atoms with van der Waals surface area (Å²) in [6, 6.07) is 0.309. The van der Waals surface area contributed by atoms with Crippen LogP contribution >= 0.6 is 11.3 Å². The van der Waals surface area contributed by atoms with Crippen LogP contribution in [0.25, 0.3) is 0 Å². The second-order valence-electron chi connectivity index (χ2n) is 6.43. The van der Waals surface area contributed by atoms with Gasteiger partial charge in [-0.2, -0.15) is 13.2 Å². The predicted octanol–water partition coefficient (Wildman–Crippen LogP) is 2.72. The number of ether oxygens (including phenoxy) is 1. The van der Waals surface area contributed by atoms with Crippen LogP contribution in [0.3, 0.4) is 0 Å². The van der Waals surface area contributed by atoms with Crippen LogP contribution in [0.4, 0.5) is 13.2 Å². The van der Waals surface area contributed by atoms with E-state index in [2.05, 4.69) is 25.5 Å². The third-order valence-corrected chi connectivity index (χ3v) is 5.14. The number of aliphatic imine (C=N–C) groups is 1. The van der Waals surface area contributed by atoms with Crippen LogP contribution in [0, 0.1) is 0 Å². The van der Waals surface area contributed by atoms with Gasteiger partial charge in [0.1, 0.15) is 5.01 Å². The Bertz CT molecular complexity index is 585. The molecule has 0 aliphatic carbocycles. The molecule has 0 unspecified atom stereocenters. The fourth-order valence-corrected chi connectivity index (χ4v) is 3.63. The largest absolute Gasteiger partial charge is 0.434 e. The van der Waals surface area contributed by atoms with Crippen molar-refractivity contribution in [1.82, 2.24) is 20.5 Å². The minimum atomic E-state index is -4.40. The van der Waals surface area contributed by atoms with Gasteiger partial charge in [0.2, 0.25) is 0 Å². The lowest BCUT2D eigenvalue weighted by molar-refractivity contribution is -0.140. The van der Waals surface area contributed by atoms with Crippen LogP contribution in [-0.4, -0.2) is 61.8 Å². The molecule has 1 aromatic heterocycles. The fraction of sp³-hybridized carbons (Fsp3) is 0.765. The van der Waals surface area contributed by atoms with Gasteiger partial charge in [0, 0.05) is 51.3 Å². The molecule has 6 nitrogen and oxygen atoms in total. The van der Waals surface area contributed by atoms with Crippen molar-refractivity contribution < 1.29 is 17.9 Å². The van der Waals surface area contributed by atoms with E-state index in [0.29, 0.717) is 23.6 Å². The first-order valence-corrected chi connectivity index (χ1v) is 10.1. The Morgan fingerprint density at radius 3 is 2.74 bits per heavy atom. The van der Waals surface area contributed by atoms with Gasteiger partial charge in [-0.05, 0) is 26.2 Å². The van der Waals surface area contributed by atoms with Crippen molar-refractivity contribution in [3.05, 3.63) is 16.1 Å². The highest BCUT2D eigenvalue weighted by Crippen LogP contribution is 2.30. The average molecular weight is 408 g/mol. The number of likely N-dealkylation sites (tertiary alicyclic amines) is 1. The van der Waals surface area contributed by atoms with Crippen molar-refractivity contribution in [2.75, 3.05) is 39.9 Å². The number of hydrogen-bond acceptors (Lipinski definition) is 5. The molecule has 0 aromatic carbocycles. The van der Waals surface area contributed by atoms with E-state index in [1.54, 1.807) is 7.11 Å². The maximum atomic E-state index is 12.6. The summed E-state index contributed by atoms with van der Waals surface area (Å²) in [4.78, 5) is 10.4. The number of thiazole rings is 1. The fourth-order valence-electron chi connectivity index (χ4n) is 2.91. The molecule has 0 amide bonds. The van der Waals surface area contributed by atoms with E-state index in [-0.39, 0.29) is 6.54 Å². The minimum absolute atomic E-state index is 0.131. The SMILES string of the molecule is CCNC(=NCc1nc(C(F)(F)F)cs1)NC1CCN(CCCOC)CC1. The molecule has 2 heterocycles. The summed E-state index contributed by atoms with van der Waals surface area (Å²) in [5, 5.41) is 7.93. The monoisotopic (exact) mass is 407 g/mol. The van der Waals surface area contributed by atoms with E-state index in [1.807, 2.05) is 6.92 Å². The predicted molar refractivity (Wildman–Crippen MR) is 101 cm³/mol. The molecule has 154 valence electrons. The summed E-state index contributed by atoms with van der Waals surface area (Å²) in [7, 11) is 1.72. The summed E-state index contributed by atoms with van der Waals surface area (Å²) in [5.74, 6) is 0.624. The first-order chi connectivity index (χ1) is 12.9. The van der Waals surface area contributed by atoms with Crippen molar-refractivity contribution in [2.24, 2.45) is 4.99 Å². The van der Waals surface area contributed by atoms with E-state index < -0.39 is 11.9 Å². The molecule has 0 atom stereocenters. The number of rotatable bonds is 8. The van der Waals surface area contributed by atoms with Crippen molar-refractivity contribution in [3.8, 4) is 0 Å². The lowest BCUT2D eigenvalue weighted by Crippen LogP contribution is -2.48. The summed E-state index contributed by atoms with van der Waals surface area (Å²) in [5.41, 5.74) is -0.850. The Morgan fingerprint density at radius 2 is 2.15 bits per heavy atom. The number of alkyl halides is 3. The topological polar surface area (TPSA) is 61.8 Å². The number of methoxy groups -OCH3 is 1. The normalized spacial score (nSPS) is 17.3. The van der Waals surface area contributed by atoms with E-state index in [0.717, 1.165) is 62.2 Å². The molecule has 1 aliphatic heterocycles. The molecule has 1 saturated heterocycles. The minimum Gasteiger partial charge on any atom is -0.385 e. The van der Waals surface area contributed by atoms with E-state index >= 15 is 0 Å². The van der Waals surface area contributed by atoms with Crippen molar-refractivity contribution in [2.45, 2.75) is 44.9 Å². The molecule has 0 saturated carbocycles. The molecule has 2 N–H and O–H groups in total. The summed E-state index contributed by atoms with van der Waals surface area (Å²) in [6.07, 6.45) is -1.36. The molecule has 0 bridgehead atoms. The van der Waals surface area contributed by atoms with Crippen molar-refractivity contribution >= 4 is 17.3 Å². The second-order valence-corrected chi connectivity index (χ2v) is 7.37. The lowest BCUT2D eigenvalue weighted by Gasteiger charge is -2.33. The van der Waals surface area contributed by atoms with Crippen LogP contribution in [0.15, 0.2) is 10.4 Å². The van der Waals surface area contributed by atoms with Gasteiger partial charge in [-0.15, -0.1) is 11.3 Å². The zero-order valence-corrected chi connectivity index (χ0v) is 16.6. The van der Waals surface area contributed by atoms with Gasteiger partial charge in [0.05, 0.1) is 6.54 Å². The summed E-state index contributed by atoms with van der Waals surface area (Å²) in [6.45, 7) is 6.63. The molecule has 10 heteroatoms. The van der Waals surface area contributed by atoms with Crippen LogP contribution in [-0.2, 0) is 17.5 Å². The zero-order chi connectivity index (χ0) is 19.7. The van der Waals surface area contributed by atoms with Gasteiger partial charge in [0.15, 0.2) is 11.7 Å². The highest BCUT2D eigenvalue weighted by molar-refractivity contribution is 7.09. The number of piperidine rings is 1. The van der Waals surface area contributed by atoms with Crippen LogP contribution in [0.1, 0.15) is 36.9 Å². The van der Waals surface area contributed by atoms with Gasteiger partial charge in [-0.25, -0.2) is 9.98 Å². The zero-order valence-electron chi connectivity index (χ0n) is 15.8. The highest BCUT2D eigenvalue weighted by atomic mass is 32.1. The van der Waals surface area contributed by atoms with Gasteiger partial charge in [-0.3, -0.25) is 0 Å². The lowest BCUT2D eigenvalue weighted by atomic mass is 10.1. The smallest absolute Gasteiger partial charge is 0.385 e. The van der Waals surface area contributed by atoms with Crippen LogP contribution in [0.5, 0.6) is 0 Å². The van der Waals surface area contributed by atoms with Gasteiger partial charge in [-0.1, -0.05) is 0 Å². The quantitative estimate of drug-likeness (QED) is 0.394. The first-order valence-electron chi connectivity index (χ1n) is 9.20. The molecule has 1 aliphatic rings. The van der Waals surface area contributed by atoms with Crippen molar-refractivity contribution in [1.29, 1.82) is 0 Å². The average Bonchev–Trinajstić information content (AvgIpc) is 3.11. The third kappa shape index (κ3) is 7.63. The second kappa shape index (κ2) is 10.8. The molecule has 1 fully saturated rings. The molecular formula is C17H28F3N5OS. The molecule has 0 spiro atoms. The Balaban J connectivity index is 1.83. The van der Waals surface area contributed by atoms with Gasteiger partial charge >= 0.3 is 6.18 Å². The number of nitrogens with zero attached hydrogens (tertiary/aromatic N) is 3. The van der Waals surface area contributed by atoms with Gasteiger partial charge in [0.25, 0.3) is 0 Å². The van der Waals surface area contributed by atoms with E-state index in [4.69, 9.17) is 4.74 Å². The Hall–Kier alpha value is -1.39. The summed E-state index contributed by atoms with van der Waals surface area (Å²) < 4.78 is 43.0. The molecule has 27 heavy (non-hydrogen) atoms. The number of guanidine groups is 1. The van der Waals surface area contributed by atoms with Gasteiger partial charge < -0.3 is 20.3 Å². The number of halogens is 3. The standard InChI is InChI=1S/C17H28F3N5OS/c1-3-21-16(22-11-15-24-14(12-27-15)17(18,19)20)23-13-5-8-25(9-6-13)7-4-10-26-2/h12-13H,3-11H2,1-2H3,(H2,21,22,23). The van der Waals surface area contributed by atoms with E-state index in [9.17, 15) is 13.2 Å². The first kappa shape index (κ1) is 21.9. The van der Waals surface area contributed by atoms with Crippen LogP contribution < -0.4 is 10.6 Å². The number of nitrogens with one attached hydrogen (secondary N) is 2. The highest BCUT2D eigenvalue weighted by Gasteiger charge is 2.33. The molecule has 2 rings (SSSR count). The maximum Gasteiger partial charge on any atom is 0.434 e. The number of hydrogen-bond donors (Lipinski definition) is 2. The Morgan fingerprint density at radius 1 is 1.41 bits per heavy atom. The maximum absolute atomic E-state index is 12.6. The van der Waals surface area contributed by atoms with Crippen LogP contribution in [0.2, 0.25) is 0 Å². The molecular weight excluding hydrogens is 379 g/mol.